The molecule has 0 radical (unpaired) electrons. The Labute approximate surface area is 113 Å². The molecular formula is C15H17ClN2. The predicted molar refractivity (Wildman–Crippen MR) is 77.1 cm³/mol. The first-order chi connectivity index (χ1) is 8.69. The van der Waals surface area contributed by atoms with E-state index in [-0.39, 0.29) is 0 Å². The number of rotatable bonds is 4. The van der Waals surface area contributed by atoms with Crippen molar-refractivity contribution in [2.24, 2.45) is 0 Å². The SMILES string of the molecule is Cc1ccc(CN(C)c2ccnc(CCl)c2)cc1. The minimum absolute atomic E-state index is 0.451. The standard InChI is InChI=1S/C15H17ClN2/c1-12-3-5-13(6-4-12)11-18(2)15-7-8-17-14(9-15)10-16/h3-9H,10-11H2,1-2H3. The molecule has 0 amide bonds. The molecule has 1 aromatic heterocycles. The van der Waals surface area contributed by atoms with Crippen molar-refractivity contribution in [3.05, 3.63) is 59.4 Å². The van der Waals surface area contributed by atoms with Crippen LogP contribution in [0.25, 0.3) is 0 Å². The maximum atomic E-state index is 5.80. The summed E-state index contributed by atoms with van der Waals surface area (Å²) in [6, 6.07) is 12.6. The van der Waals surface area contributed by atoms with Crippen LogP contribution in [0.4, 0.5) is 5.69 Å². The van der Waals surface area contributed by atoms with Gasteiger partial charge in [0.05, 0.1) is 11.6 Å². The number of halogens is 1. The Bertz CT molecular complexity index is 508. The molecule has 1 heterocycles. The van der Waals surface area contributed by atoms with Gasteiger partial charge in [-0.2, -0.15) is 0 Å². The number of aromatic nitrogens is 1. The zero-order chi connectivity index (χ0) is 13.0. The summed E-state index contributed by atoms with van der Waals surface area (Å²) in [6.45, 7) is 2.98. The van der Waals surface area contributed by atoms with E-state index in [4.69, 9.17) is 11.6 Å². The third-order valence-corrected chi connectivity index (χ3v) is 3.19. The Morgan fingerprint density at radius 1 is 1.17 bits per heavy atom. The van der Waals surface area contributed by atoms with Crippen LogP contribution in [-0.4, -0.2) is 12.0 Å². The predicted octanol–water partition coefficient (Wildman–Crippen LogP) is 3.77. The van der Waals surface area contributed by atoms with Gasteiger partial charge in [-0.1, -0.05) is 29.8 Å². The number of benzene rings is 1. The van der Waals surface area contributed by atoms with Crippen molar-refractivity contribution in [3.8, 4) is 0 Å². The molecule has 0 bridgehead atoms. The van der Waals surface area contributed by atoms with Crippen LogP contribution in [0, 0.1) is 6.92 Å². The minimum atomic E-state index is 0.451. The third kappa shape index (κ3) is 3.23. The molecule has 0 N–H and O–H groups in total. The van der Waals surface area contributed by atoms with E-state index in [2.05, 4.69) is 48.1 Å². The topological polar surface area (TPSA) is 16.1 Å². The second kappa shape index (κ2) is 5.87. The Hall–Kier alpha value is -1.54. The molecule has 2 nitrogen and oxygen atoms in total. The van der Waals surface area contributed by atoms with E-state index < -0.39 is 0 Å². The summed E-state index contributed by atoms with van der Waals surface area (Å²) >= 11 is 5.80. The van der Waals surface area contributed by atoms with Gasteiger partial charge >= 0.3 is 0 Å². The first-order valence-corrected chi connectivity index (χ1v) is 6.50. The lowest BCUT2D eigenvalue weighted by Crippen LogP contribution is -2.16. The smallest absolute Gasteiger partial charge is 0.0648 e. The summed E-state index contributed by atoms with van der Waals surface area (Å²) in [7, 11) is 2.08. The van der Waals surface area contributed by atoms with Crippen molar-refractivity contribution in [2.45, 2.75) is 19.3 Å². The zero-order valence-electron chi connectivity index (χ0n) is 10.7. The summed E-state index contributed by atoms with van der Waals surface area (Å²) in [4.78, 5) is 6.40. The number of anilines is 1. The highest BCUT2D eigenvalue weighted by Gasteiger charge is 2.03. The number of hydrogen-bond acceptors (Lipinski definition) is 2. The van der Waals surface area contributed by atoms with Crippen LogP contribution in [0.5, 0.6) is 0 Å². The van der Waals surface area contributed by atoms with E-state index >= 15 is 0 Å². The average Bonchev–Trinajstić information content (AvgIpc) is 2.41. The Morgan fingerprint density at radius 2 is 1.89 bits per heavy atom. The van der Waals surface area contributed by atoms with E-state index in [9.17, 15) is 0 Å². The molecule has 0 fully saturated rings. The highest BCUT2D eigenvalue weighted by Crippen LogP contribution is 2.17. The monoisotopic (exact) mass is 260 g/mol. The van der Waals surface area contributed by atoms with E-state index in [1.54, 1.807) is 6.20 Å². The van der Waals surface area contributed by atoms with Crippen LogP contribution in [-0.2, 0) is 12.4 Å². The van der Waals surface area contributed by atoms with Gasteiger partial charge in [-0.25, -0.2) is 0 Å². The fraction of sp³-hybridized carbons (Fsp3) is 0.267. The minimum Gasteiger partial charge on any atom is -0.370 e. The molecule has 0 saturated heterocycles. The number of pyridine rings is 1. The molecule has 2 rings (SSSR count). The molecule has 0 aliphatic rings. The van der Waals surface area contributed by atoms with Gasteiger partial charge in [0.2, 0.25) is 0 Å². The Kier molecular flexibility index (Phi) is 4.21. The van der Waals surface area contributed by atoms with Gasteiger partial charge in [0.1, 0.15) is 0 Å². The van der Waals surface area contributed by atoms with Crippen molar-refractivity contribution in [2.75, 3.05) is 11.9 Å². The summed E-state index contributed by atoms with van der Waals surface area (Å²) in [6.07, 6.45) is 1.80. The maximum Gasteiger partial charge on any atom is 0.0648 e. The van der Waals surface area contributed by atoms with Gasteiger partial charge in [0.15, 0.2) is 0 Å². The second-order valence-electron chi connectivity index (χ2n) is 4.48. The van der Waals surface area contributed by atoms with Crippen LogP contribution >= 0.6 is 11.6 Å². The molecule has 94 valence electrons. The molecule has 0 aliphatic carbocycles. The van der Waals surface area contributed by atoms with Gasteiger partial charge in [-0.15, -0.1) is 11.6 Å². The fourth-order valence-corrected chi connectivity index (χ4v) is 1.98. The van der Waals surface area contributed by atoms with Crippen molar-refractivity contribution >= 4 is 17.3 Å². The van der Waals surface area contributed by atoms with Crippen LogP contribution in [0.1, 0.15) is 16.8 Å². The van der Waals surface area contributed by atoms with E-state index in [1.807, 2.05) is 12.1 Å². The third-order valence-electron chi connectivity index (χ3n) is 2.92. The van der Waals surface area contributed by atoms with Gasteiger partial charge in [-0.05, 0) is 24.6 Å². The zero-order valence-corrected chi connectivity index (χ0v) is 11.5. The highest BCUT2D eigenvalue weighted by molar-refractivity contribution is 6.16. The van der Waals surface area contributed by atoms with Crippen LogP contribution < -0.4 is 4.90 Å². The van der Waals surface area contributed by atoms with Crippen LogP contribution in [0.2, 0.25) is 0 Å². The summed E-state index contributed by atoms with van der Waals surface area (Å²) in [5, 5.41) is 0. The quantitative estimate of drug-likeness (QED) is 0.778. The fourth-order valence-electron chi connectivity index (χ4n) is 1.83. The van der Waals surface area contributed by atoms with E-state index in [0.717, 1.165) is 17.9 Å². The normalized spacial score (nSPS) is 10.4. The molecule has 18 heavy (non-hydrogen) atoms. The summed E-state index contributed by atoms with van der Waals surface area (Å²) < 4.78 is 0. The molecule has 1 aromatic carbocycles. The molecular weight excluding hydrogens is 244 g/mol. The lowest BCUT2D eigenvalue weighted by atomic mass is 10.1. The van der Waals surface area contributed by atoms with Crippen molar-refractivity contribution in [1.82, 2.24) is 4.98 Å². The number of alkyl halides is 1. The summed E-state index contributed by atoms with van der Waals surface area (Å²) in [5.74, 6) is 0.451. The number of nitrogens with zero attached hydrogens (tertiary/aromatic N) is 2. The molecule has 2 aromatic rings. The average molecular weight is 261 g/mol. The highest BCUT2D eigenvalue weighted by atomic mass is 35.5. The molecule has 0 spiro atoms. The molecule has 0 atom stereocenters. The van der Waals surface area contributed by atoms with Crippen LogP contribution in [0.15, 0.2) is 42.6 Å². The lowest BCUT2D eigenvalue weighted by molar-refractivity contribution is 0.917. The maximum absolute atomic E-state index is 5.80. The van der Waals surface area contributed by atoms with E-state index in [1.165, 1.54) is 11.1 Å². The first-order valence-electron chi connectivity index (χ1n) is 5.96. The van der Waals surface area contributed by atoms with Gasteiger partial charge in [0.25, 0.3) is 0 Å². The van der Waals surface area contributed by atoms with Crippen LogP contribution in [0.3, 0.4) is 0 Å². The molecule has 0 saturated carbocycles. The first kappa shape index (κ1) is 12.9. The second-order valence-corrected chi connectivity index (χ2v) is 4.75. The summed E-state index contributed by atoms with van der Waals surface area (Å²) in [5.41, 5.74) is 4.63. The Balaban J connectivity index is 2.11. The lowest BCUT2D eigenvalue weighted by Gasteiger charge is -2.19. The van der Waals surface area contributed by atoms with Crippen molar-refractivity contribution < 1.29 is 0 Å². The molecule has 3 heteroatoms. The Morgan fingerprint density at radius 3 is 2.56 bits per heavy atom. The van der Waals surface area contributed by atoms with Gasteiger partial charge < -0.3 is 4.90 Å². The number of hydrogen-bond donors (Lipinski definition) is 0. The van der Waals surface area contributed by atoms with Crippen molar-refractivity contribution in [1.29, 1.82) is 0 Å². The van der Waals surface area contributed by atoms with Crippen molar-refractivity contribution in [3.63, 3.8) is 0 Å². The molecule has 0 aliphatic heterocycles. The number of aryl methyl sites for hydroxylation is 1. The van der Waals surface area contributed by atoms with E-state index in [0.29, 0.717) is 5.88 Å². The van der Waals surface area contributed by atoms with Gasteiger partial charge in [0, 0.05) is 25.5 Å². The largest absolute Gasteiger partial charge is 0.370 e. The van der Waals surface area contributed by atoms with Gasteiger partial charge in [-0.3, -0.25) is 4.98 Å². The molecule has 0 unspecified atom stereocenters.